The molecule has 0 bridgehead atoms. The van der Waals surface area contributed by atoms with Gasteiger partial charge in [-0.15, -0.1) is 0 Å². The Kier molecular flexibility index (Phi) is 4.14. The van der Waals surface area contributed by atoms with Crippen molar-refractivity contribution in [3.8, 4) is 5.75 Å². The monoisotopic (exact) mass is 323 g/mol. The van der Waals surface area contributed by atoms with Gasteiger partial charge in [0.1, 0.15) is 5.75 Å². The number of benzene rings is 1. The second kappa shape index (κ2) is 5.65. The van der Waals surface area contributed by atoms with Crippen LogP contribution in [-0.2, 0) is 13.6 Å². The molecule has 0 aliphatic rings. The number of halogens is 1. The molecular weight excluding hydrogens is 306 g/mol. The van der Waals surface area contributed by atoms with Crippen LogP contribution >= 0.6 is 15.9 Å². The van der Waals surface area contributed by atoms with Crippen LogP contribution in [0.5, 0.6) is 5.75 Å². The summed E-state index contributed by atoms with van der Waals surface area (Å²) in [7, 11) is 5.70. The number of rotatable bonds is 4. The molecule has 0 atom stereocenters. The van der Waals surface area contributed by atoms with Crippen molar-refractivity contribution < 1.29 is 4.74 Å². The quantitative estimate of drug-likeness (QED) is 0.866. The minimum Gasteiger partial charge on any atom is -0.497 e. The molecular formula is C14H18BrN3O. The van der Waals surface area contributed by atoms with Crippen LogP contribution < -0.4 is 9.64 Å². The van der Waals surface area contributed by atoms with Crippen molar-refractivity contribution in [2.45, 2.75) is 13.5 Å². The molecule has 0 spiro atoms. The van der Waals surface area contributed by atoms with Gasteiger partial charge in [-0.3, -0.25) is 4.68 Å². The van der Waals surface area contributed by atoms with Gasteiger partial charge in [0, 0.05) is 25.8 Å². The van der Waals surface area contributed by atoms with Crippen LogP contribution in [0.15, 0.2) is 28.7 Å². The van der Waals surface area contributed by atoms with Crippen LogP contribution in [0.25, 0.3) is 0 Å². The molecule has 1 heterocycles. The topological polar surface area (TPSA) is 30.3 Å². The van der Waals surface area contributed by atoms with E-state index in [0.29, 0.717) is 0 Å². The van der Waals surface area contributed by atoms with E-state index >= 15 is 0 Å². The Morgan fingerprint density at radius 1 is 1.42 bits per heavy atom. The maximum Gasteiger partial charge on any atom is 0.120 e. The number of hydrogen-bond acceptors (Lipinski definition) is 3. The molecule has 0 saturated carbocycles. The standard InChI is InChI=1S/C14H18BrN3O/c1-10-14(15)13(18(3)16-10)9-17(2)11-6-5-7-12(8-11)19-4/h5-8H,9H2,1-4H3. The number of methoxy groups -OCH3 is 1. The summed E-state index contributed by atoms with van der Waals surface area (Å²) in [6.45, 7) is 2.78. The summed E-state index contributed by atoms with van der Waals surface area (Å²) in [5, 5.41) is 4.41. The summed E-state index contributed by atoms with van der Waals surface area (Å²) < 4.78 is 8.24. The lowest BCUT2D eigenvalue weighted by molar-refractivity contribution is 0.415. The Labute approximate surface area is 122 Å². The average Bonchev–Trinajstić information content (AvgIpc) is 2.65. The first-order valence-corrected chi connectivity index (χ1v) is 6.85. The van der Waals surface area contributed by atoms with Crippen molar-refractivity contribution in [1.29, 1.82) is 0 Å². The van der Waals surface area contributed by atoms with Crippen molar-refractivity contribution >= 4 is 21.6 Å². The molecule has 0 amide bonds. The summed E-state index contributed by atoms with van der Waals surface area (Å²) in [5.41, 5.74) is 3.28. The lowest BCUT2D eigenvalue weighted by atomic mass is 10.2. The highest BCUT2D eigenvalue weighted by Gasteiger charge is 2.13. The van der Waals surface area contributed by atoms with Crippen LogP contribution in [0, 0.1) is 6.92 Å². The van der Waals surface area contributed by atoms with E-state index in [4.69, 9.17) is 4.74 Å². The molecule has 19 heavy (non-hydrogen) atoms. The highest BCUT2D eigenvalue weighted by Crippen LogP contribution is 2.25. The van der Waals surface area contributed by atoms with Gasteiger partial charge < -0.3 is 9.64 Å². The fourth-order valence-electron chi connectivity index (χ4n) is 2.02. The third-order valence-corrected chi connectivity index (χ3v) is 4.17. The molecule has 1 aromatic heterocycles. The molecule has 1 aromatic carbocycles. The van der Waals surface area contributed by atoms with Gasteiger partial charge in [0.2, 0.25) is 0 Å². The van der Waals surface area contributed by atoms with E-state index in [1.165, 1.54) is 0 Å². The number of nitrogens with zero attached hydrogens (tertiary/aromatic N) is 3. The molecule has 0 fully saturated rings. The predicted molar refractivity (Wildman–Crippen MR) is 80.7 cm³/mol. The molecule has 0 radical (unpaired) electrons. The van der Waals surface area contributed by atoms with E-state index in [1.807, 2.05) is 36.9 Å². The Bertz CT molecular complexity index is 580. The second-order valence-electron chi connectivity index (χ2n) is 4.53. The third kappa shape index (κ3) is 2.92. The van der Waals surface area contributed by atoms with Gasteiger partial charge >= 0.3 is 0 Å². The maximum absolute atomic E-state index is 5.25. The molecule has 0 aliphatic carbocycles. The van der Waals surface area contributed by atoms with Gasteiger partial charge in [0.25, 0.3) is 0 Å². The van der Waals surface area contributed by atoms with Gasteiger partial charge in [-0.2, -0.15) is 5.10 Å². The van der Waals surface area contributed by atoms with Gasteiger partial charge in [-0.1, -0.05) is 6.07 Å². The van der Waals surface area contributed by atoms with Crippen LogP contribution in [0.1, 0.15) is 11.4 Å². The first-order valence-electron chi connectivity index (χ1n) is 6.06. The number of hydrogen-bond donors (Lipinski definition) is 0. The van der Waals surface area contributed by atoms with E-state index in [2.05, 4.69) is 39.0 Å². The molecule has 102 valence electrons. The first-order chi connectivity index (χ1) is 9.02. The molecule has 0 N–H and O–H groups in total. The maximum atomic E-state index is 5.25. The van der Waals surface area contributed by atoms with Crippen LogP contribution in [0.3, 0.4) is 0 Å². The third-order valence-electron chi connectivity index (χ3n) is 3.14. The largest absolute Gasteiger partial charge is 0.497 e. The Morgan fingerprint density at radius 2 is 2.16 bits per heavy atom. The molecule has 0 unspecified atom stereocenters. The smallest absolute Gasteiger partial charge is 0.120 e. The van der Waals surface area contributed by atoms with E-state index in [0.717, 1.165) is 33.8 Å². The Morgan fingerprint density at radius 3 is 2.74 bits per heavy atom. The minimum absolute atomic E-state index is 0.783. The zero-order chi connectivity index (χ0) is 14.0. The van der Waals surface area contributed by atoms with Crippen molar-refractivity contribution in [3.63, 3.8) is 0 Å². The number of ether oxygens (including phenoxy) is 1. The average molecular weight is 324 g/mol. The van der Waals surface area contributed by atoms with Crippen molar-refractivity contribution in [2.75, 3.05) is 19.1 Å². The number of anilines is 1. The summed E-state index contributed by atoms with van der Waals surface area (Å²) in [4.78, 5) is 2.17. The van der Waals surface area contributed by atoms with Crippen molar-refractivity contribution in [1.82, 2.24) is 9.78 Å². The van der Waals surface area contributed by atoms with Gasteiger partial charge in [0.05, 0.1) is 29.5 Å². The molecule has 0 aliphatic heterocycles. The summed E-state index contributed by atoms with van der Waals surface area (Å²) in [5.74, 6) is 0.865. The Hall–Kier alpha value is -1.49. The van der Waals surface area contributed by atoms with Crippen LogP contribution in [0.2, 0.25) is 0 Å². The van der Waals surface area contributed by atoms with Gasteiger partial charge in [-0.25, -0.2) is 0 Å². The Balaban J connectivity index is 2.22. The SMILES string of the molecule is COc1cccc(N(C)Cc2c(Br)c(C)nn2C)c1. The lowest BCUT2D eigenvalue weighted by Crippen LogP contribution is -2.18. The van der Waals surface area contributed by atoms with Crippen molar-refractivity contribution in [2.24, 2.45) is 7.05 Å². The second-order valence-corrected chi connectivity index (χ2v) is 5.32. The minimum atomic E-state index is 0.783. The zero-order valence-corrected chi connectivity index (χ0v) is 13.2. The van der Waals surface area contributed by atoms with Gasteiger partial charge in [-0.05, 0) is 35.0 Å². The normalized spacial score (nSPS) is 10.6. The predicted octanol–water partition coefficient (Wildman–Crippen LogP) is 3.14. The summed E-state index contributed by atoms with van der Waals surface area (Å²) >= 11 is 3.60. The highest BCUT2D eigenvalue weighted by molar-refractivity contribution is 9.10. The fraction of sp³-hybridized carbons (Fsp3) is 0.357. The first kappa shape index (κ1) is 13.9. The fourth-order valence-corrected chi connectivity index (χ4v) is 2.48. The summed E-state index contributed by atoms with van der Waals surface area (Å²) in [6, 6.07) is 8.03. The van der Waals surface area contributed by atoms with E-state index in [-0.39, 0.29) is 0 Å². The number of aromatic nitrogens is 2. The van der Waals surface area contributed by atoms with Gasteiger partial charge in [0.15, 0.2) is 0 Å². The molecule has 2 rings (SSSR count). The highest BCUT2D eigenvalue weighted by atomic mass is 79.9. The van der Waals surface area contributed by atoms with E-state index < -0.39 is 0 Å². The van der Waals surface area contributed by atoms with E-state index in [1.54, 1.807) is 7.11 Å². The molecule has 0 saturated heterocycles. The molecule has 5 heteroatoms. The zero-order valence-electron chi connectivity index (χ0n) is 11.6. The lowest BCUT2D eigenvalue weighted by Gasteiger charge is -2.20. The van der Waals surface area contributed by atoms with E-state index in [9.17, 15) is 0 Å². The van der Waals surface area contributed by atoms with Crippen LogP contribution in [0.4, 0.5) is 5.69 Å². The molecule has 2 aromatic rings. The number of aryl methyl sites for hydroxylation is 2. The summed E-state index contributed by atoms with van der Waals surface area (Å²) in [6.07, 6.45) is 0. The van der Waals surface area contributed by atoms with Crippen LogP contribution in [-0.4, -0.2) is 23.9 Å². The van der Waals surface area contributed by atoms with Crippen molar-refractivity contribution in [3.05, 3.63) is 40.1 Å². The molecule has 4 nitrogen and oxygen atoms in total.